The van der Waals surface area contributed by atoms with Crippen molar-refractivity contribution in [2.75, 3.05) is 12.4 Å². The highest BCUT2D eigenvalue weighted by Crippen LogP contribution is 2.36. The average molecular weight is 255 g/mol. The van der Waals surface area contributed by atoms with Crippen LogP contribution in [0.4, 0.5) is 4.39 Å². The van der Waals surface area contributed by atoms with Crippen LogP contribution in [0.5, 0.6) is 0 Å². The number of fused-ring (bicyclic) bond motifs is 1. The summed E-state index contributed by atoms with van der Waals surface area (Å²) in [7, 11) is 0. The Labute approximate surface area is 106 Å². The van der Waals surface area contributed by atoms with Crippen molar-refractivity contribution in [3.8, 4) is 0 Å². The van der Waals surface area contributed by atoms with Crippen molar-refractivity contribution in [2.45, 2.75) is 36.7 Å². The molecule has 2 N–H and O–H groups in total. The van der Waals surface area contributed by atoms with E-state index in [4.69, 9.17) is 0 Å². The predicted molar refractivity (Wildman–Crippen MR) is 68.8 cm³/mol. The Balaban J connectivity index is 2.18. The molecule has 1 aromatic rings. The Morgan fingerprint density at radius 2 is 2.41 bits per heavy atom. The van der Waals surface area contributed by atoms with Crippen molar-refractivity contribution >= 4 is 11.8 Å². The van der Waals surface area contributed by atoms with Crippen molar-refractivity contribution in [1.82, 2.24) is 5.32 Å². The maximum absolute atomic E-state index is 13.3. The van der Waals surface area contributed by atoms with Gasteiger partial charge in [-0.15, -0.1) is 11.8 Å². The van der Waals surface area contributed by atoms with Crippen molar-refractivity contribution in [1.29, 1.82) is 0 Å². The molecule has 0 fully saturated rings. The molecule has 0 amide bonds. The molecule has 4 heteroatoms. The quantitative estimate of drug-likeness (QED) is 0.867. The highest BCUT2D eigenvalue weighted by atomic mass is 32.2. The predicted octanol–water partition coefficient (Wildman–Crippen LogP) is 2.72. The van der Waals surface area contributed by atoms with Crippen LogP contribution in [-0.2, 0) is 0 Å². The van der Waals surface area contributed by atoms with Gasteiger partial charge in [0.2, 0.25) is 0 Å². The average Bonchev–Trinajstić information content (AvgIpc) is 2.36. The van der Waals surface area contributed by atoms with Gasteiger partial charge in [-0.1, -0.05) is 6.92 Å². The molecular formula is C13H18FNOS. The van der Waals surface area contributed by atoms with Crippen molar-refractivity contribution in [2.24, 2.45) is 0 Å². The standard InChI is InChI=1S/C13H18FNOS/c1-2-10(8-16)15-12-5-6-17-13-4-3-9(14)7-11(12)13/h3-4,7,10,12,15-16H,2,5-6,8H2,1H3. The summed E-state index contributed by atoms with van der Waals surface area (Å²) in [5, 5.41) is 12.6. The molecule has 1 aromatic carbocycles. The second-order valence-corrected chi connectivity index (χ2v) is 5.46. The molecular weight excluding hydrogens is 237 g/mol. The van der Waals surface area contributed by atoms with E-state index in [1.807, 2.05) is 13.0 Å². The lowest BCUT2D eigenvalue weighted by Crippen LogP contribution is -2.36. The Morgan fingerprint density at radius 3 is 3.12 bits per heavy atom. The fourth-order valence-electron chi connectivity index (χ4n) is 2.12. The number of aliphatic hydroxyl groups excluding tert-OH is 1. The molecule has 0 bridgehead atoms. The molecule has 2 rings (SSSR count). The minimum atomic E-state index is -0.185. The number of halogens is 1. The molecule has 2 nitrogen and oxygen atoms in total. The van der Waals surface area contributed by atoms with Crippen LogP contribution in [0.15, 0.2) is 23.1 Å². The normalized spacial score (nSPS) is 21.0. The molecule has 2 atom stereocenters. The summed E-state index contributed by atoms with van der Waals surface area (Å²) in [5.74, 6) is 0.855. The van der Waals surface area contributed by atoms with E-state index in [2.05, 4.69) is 5.32 Å². The van der Waals surface area contributed by atoms with Gasteiger partial charge in [-0.25, -0.2) is 4.39 Å². The van der Waals surface area contributed by atoms with Crippen molar-refractivity contribution in [3.63, 3.8) is 0 Å². The minimum Gasteiger partial charge on any atom is -0.395 e. The summed E-state index contributed by atoms with van der Waals surface area (Å²) < 4.78 is 13.3. The molecule has 0 saturated heterocycles. The number of hydrogen-bond acceptors (Lipinski definition) is 3. The number of hydrogen-bond donors (Lipinski definition) is 2. The number of aliphatic hydroxyl groups is 1. The van der Waals surface area contributed by atoms with Gasteiger partial charge in [0.25, 0.3) is 0 Å². The van der Waals surface area contributed by atoms with Gasteiger partial charge in [0.15, 0.2) is 0 Å². The summed E-state index contributed by atoms with van der Waals surface area (Å²) in [5.41, 5.74) is 1.04. The summed E-state index contributed by atoms with van der Waals surface area (Å²) in [6, 6.07) is 5.24. The fraction of sp³-hybridized carbons (Fsp3) is 0.538. The Bertz CT molecular complexity index is 382. The lowest BCUT2D eigenvalue weighted by atomic mass is 10.0. The fourth-order valence-corrected chi connectivity index (χ4v) is 3.23. The largest absolute Gasteiger partial charge is 0.395 e. The van der Waals surface area contributed by atoms with Crippen LogP contribution < -0.4 is 5.32 Å². The van der Waals surface area contributed by atoms with Gasteiger partial charge < -0.3 is 10.4 Å². The first kappa shape index (κ1) is 12.9. The lowest BCUT2D eigenvalue weighted by Gasteiger charge is -2.29. The van der Waals surface area contributed by atoms with Crippen LogP contribution in [0.2, 0.25) is 0 Å². The van der Waals surface area contributed by atoms with E-state index in [0.29, 0.717) is 0 Å². The van der Waals surface area contributed by atoms with Crippen LogP contribution in [0.1, 0.15) is 31.4 Å². The highest BCUT2D eigenvalue weighted by molar-refractivity contribution is 7.99. The smallest absolute Gasteiger partial charge is 0.123 e. The second-order valence-electron chi connectivity index (χ2n) is 4.33. The third kappa shape index (κ3) is 3.00. The zero-order valence-corrected chi connectivity index (χ0v) is 10.8. The van der Waals surface area contributed by atoms with E-state index < -0.39 is 0 Å². The van der Waals surface area contributed by atoms with Gasteiger partial charge in [0, 0.05) is 17.0 Å². The monoisotopic (exact) mass is 255 g/mol. The van der Waals surface area contributed by atoms with Gasteiger partial charge in [-0.2, -0.15) is 0 Å². The molecule has 1 heterocycles. The molecule has 1 aliphatic rings. The van der Waals surface area contributed by atoms with E-state index >= 15 is 0 Å². The van der Waals surface area contributed by atoms with Crippen LogP contribution >= 0.6 is 11.8 Å². The van der Waals surface area contributed by atoms with E-state index in [-0.39, 0.29) is 24.5 Å². The number of thioether (sulfide) groups is 1. The summed E-state index contributed by atoms with van der Waals surface area (Å²) in [4.78, 5) is 1.16. The molecule has 17 heavy (non-hydrogen) atoms. The zero-order chi connectivity index (χ0) is 12.3. The van der Waals surface area contributed by atoms with Gasteiger partial charge in [-0.05, 0) is 42.4 Å². The molecule has 0 aromatic heterocycles. The maximum atomic E-state index is 13.3. The summed E-state index contributed by atoms with van der Waals surface area (Å²) in [6.45, 7) is 2.17. The van der Waals surface area contributed by atoms with E-state index in [0.717, 1.165) is 29.1 Å². The van der Waals surface area contributed by atoms with Crippen LogP contribution in [-0.4, -0.2) is 23.5 Å². The SMILES string of the molecule is CCC(CO)NC1CCSc2ccc(F)cc21. The first-order valence-corrected chi connectivity index (χ1v) is 7.02. The molecule has 0 spiro atoms. The van der Waals surface area contributed by atoms with Crippen LogP contribution in [0.25, 0.3) is 0 Å². The molecule has 0 radical (unpaired) electrons. The topological polar surface area (TPSA) is 32.3 Å². The number of rotatable bonds is 4. The molecule has 2 unspecified atom stereocenters. The van der Waals surface area contributed by atoms with Crippen molar-refractivity contribution < 1.29 is 9.50 Å². The Kier molecular flexibility index (Phi) is 4.42. The lowest BCUT2D eigenvalue weighted by molar-refractivity contribution is 0.226. The molecule has 1 aliphatic heterocycles. The van der Waals surface area contributed by atoms with Crippen molar-refractivity contribution in [3.05, 3.63) is 29.6 Å². The van der Waals surface area contributed by atoms with Gasteiger partial charge in [0.05, 0.1) is 6.61 Å². The highest BCUT2D eigenvalue weighted by Gasteiger charge is 2.22. The van der Waals surface area contributed by atoms with Crippen LogP contribution in [0, 0.1) is 5.82 Å². The second kappa shape index (κ2) is 5.85. The van der Waals surface area contributed by atoms with Gasteiger partial charge >= 0.3 is 0 Å². The van der Waals surface area contributed by atoms with Gasteiger partial charge in [-0.3, -0.25) is 0 Å². The van der Waals surface area contributed by atoms with Gasteiger partial charge in [0.1, 0.15) is 5.82 Å². The van der Waals surface area contributed by atoms with E-state index in [1.165, 1.54) is 6.07 Å². The summed E-state index contributed by atoms with van der Waals surface area (Å²) in [6.07, 6.45) is 1.86. The first-order valence-electron chi connectivity index (χ1n) is 6.03. The minimum absolute atomic E-state index is 0.0965. The molecule has 0 aliphatic carbocycles. The maximum Gasteiger partial charge on any atom is 0.123 e. The first-order chi connectivity index (χ1) is 8.24. The number of benzene rings is 1. The third-order valence-electron chi connectivity index (χ3n) is 3.16. The zero-order valence-electron chi connectivity index (χ0n) is 9.95. The Hall–Kier alpha value is -0.580. The number of nitrogens with one attached hydrogen (secondary N) is 1. The molecule has 0 saturated carbocycles. The summed E-state index contributed by atoms with van der Waals surface area (Å²) >= 11 is 1.77. The molecule has 94 valence electrons. The third-order valence-corrected chi connectivity index (χ3v) is 4.28. The van der Waals surface area contributed by atoms with Crippen LogP contribution in [0.3, 0.4) is 0 Å². The van der Waals surface area contributed by atoms with E-state index in [9.17, 15) is 9.50 Å². The Morgan fingerprint density at radius 1 is 1.59 bits per heavy atom. The van der Waals surface area contributed by atoms with E-state index in [1.54, 1.807) is 17.8 Å².